The Balaban J connectivity index is 1.89. The van der Waals surface area contributed by atoms with Gasteiger partial charge in [0.2, 0.25) is 0 Å². The van der Waals surface area contributed by atoms with Crippen LogP contribution in [-0.2, 0) is 10.0 Å². The molecule has 0 spiro atoms. The zero-order valence-electron chi connectivity index (χ0n) is 16.9. The van der Waals surface area contributed by atoms with E-state index in [1.165, 1.54) is 6.07 Å². The third-order valence-electron chi connectivity index (χ3n) is 4.68. The normalized spacial score (nSPS) is 11.2. The SMILES string of the molecule is Cc1ccc(NS(=O)(=O)c2cc(C(=O)Nc3cc(C)ccc3C)ccc2C)cc1. The Kier molecular flexibility index (Phi) is 5.75. The van der Waals surface area contributed by atoms with Crippen LogP contribution in [0.3, 0.4) is 0 Å². The van der Waals surface area contributed by atoms with Crippen molar-refractivity contribution in [2.75, 3.05) is 10.0 Å². The number of hydrogen-bond acceptors (Lipinski definition) is 3. The highest BCUT2D eigenvalue weighted by Crippen LogP contribution is 2.23. The summed E-state index contributed by atoms with van der Waals surface area (Å²) in [6.07, 6.45) is 0. The topological polar surface area (TPSA) is 75.3 Å². The summed E-state index contributed by atoms with van der Waals surface area (Å²) in [5.41, 5.74) is 5.02. The third-order valence-corrected chi connectivity index (χ3v) is 6.21. The molecule has 0 unspecified atom stereocenters. The maximum absolute atomic E-state index is 12.9. The van der Waals surface area contributed by atoms with Crippen molar-refractivity contribution in [3.05, 3.63) is 88.5 Å². The second-order valence-corrected chi connectivity index (χ2v) is 8.88. The van der Waals surface area contributed by atoms with Crippen molar-refractivity contribution in [2.24, 2.45) is 0 Å². The van der Waals surface area contributed by atoms with Gasteiger partial charge in [-0.1, -0.05) is 35.9 Å². The van der Waals surface area contributed by atoms with Gasteiger partial charge in [-0.25, -0.2) is 8.42 Å². The molecule has 3 aromatic carbocycles. The molecule has 3 aromatic rings. The van der Waals surface area contributed by atoms with Crippen LogP contribution >= 0.6 is 0 Å². The van der Waals surface area contributed by atoms with Crippen molar-refractivity contribution >= 4 is 27.3 Å². The van der Waals surface area contributed by atoms with Crippen LogP contribution in [0.15, 0.2) is 65.6 Å². The van der Waals surface area contributed by atoms with E-state index in [0.717, 1.165) is 16.7 Å². The molecule has 0 heterocycles. The predicted molar refractivity (Wildman–Crippen MR) is 117 cm³/mol. The molecular formula is C23H24N2O3S. The number of aryl methyl sites for hydroxylation is 4. The number of anilines is 2. The quantitative estimate of drug-likeness (QED) is 0.626. The number of sulfonamides is 1. The summed E-state index contributed by atoms with van der Waals surface area (Å²) in [5, 5.41) is 2.87. The summed E-state index contributed by atoms with van der Waals surface area (Å²) in [5.74, 6) is -0.356. The predicted octanol–water partition coefficient (Wildman–Crippen LogP) is 4.97. The molecule has 0 saturated carbocycles. The largest absolute Gasteiger partial charge is 0.322 e. The van der Waals surface area contributed by atoms with Gasteiger partial charge in [-0.3, -0.25) is 9.52 Å². The van der Waals surface area contributed by atoms with Crippen LogP contribution in [0, 0.1) is 27.7 Å². The molecule has 2 N–H and O–H groups in total. The average molecular weight is 409 g/mol. The molecule has 0 aromatic heterocycles. The fourth-order valence-corrected chi connectivity index (χ4v) is 4.26. The Morgan fingerprint density at radius 2 is 1.38 bits per heavy atom. The van der Waals surface area contributed by atoms with Crippen molar-refractivity contribution in [1.82, 2.24) is 0 Å². The molecule has 5 nitrogen and oxygen atoms in total. The van der Waals surface area contributed by atoms with Gasteiger partial charge >= 0.3 is 0 Å². The number of amides is 1. The average Bonchev–Trinajstić information content (AvgIpc) is 2.66. The van der Waals surface area contributed by atoms with Gasteiger partial charge in [-0.2, -0.15) is 0 Å². The van der Waals surface area contributed by atoms with Gasteiger partial charge in [0.1, 0.15) is 0 Å². The first-order valence-electron chi connectivity index (χ1n) is 9.24. The van der Waals surface area contributed by atoms with Crippen molar-refractivity contribution in [1.29, 1.82) is 0 Å². The van der Waals surface area contributed by atoms with Gasteiger partial charge in [0, 0.05) is 16.9 Å². The van der Waals surface area contributed by atoms with E-state index in [9.17, 15) is 13.2 Å². The Bertz CT molecular complexity index is 1170. The highest BCUT2D eigenvalue weighted by atomic mass is 32.2. The lowest BCUT2D eigenvalue weighted by Gasteiger charge is -2.13. The van der Waals surface area contributed by atoms with E-state index in [1.54, 1.807) is 31.2 Å². The van der Waals surface area contributed by atoms with Crippen molar-refractivity contribution in [3.8, 4) is 0 Å². The summed E-state index contributed by atoms with van der Waals surface area (Å²) in [6.45, 7) is 7.49. The number of carbonyl (C=O) groups is 1. The van der Waals surface area contributed by atoms with Gasteiger partial charge in [0.25, 0.3) is 15.9 Å². The summed E-state index contributed by atoms with van der Waals surface area (Å²) in [4.78, 5) is 12.8. The number of rotatable bonds is 5. The van der Waals surface area contributed by atoms with Crippen molar-refractivity contribution in [2.45, 2.75) is 32.6 Å². The molecule has 0 aliphatic carbocycles. The Hall–Kier alpha value is -3.12. The first-order chi connectivity index (χ1) is 13.7. The van der Waals surface area contributed by atoms with Gasteiger partial charge in [0.15, 0.2) is 0 Å². The number of nitrogens with one attached hydrogen (secondary N) is 2. The summed E-state index contributed by atoms with van der Waals surface area (Å²) in [6, 6.07) is 17.5. The lowest BCUT2D eigenvalue weighted by atomic mass is 10.1. The molecule has 150 valence electrons. The van der Waals surface area contributed by atoms with Gasteiger partial charge in [0.05, 0.1) is 4.90 Å². The van der Waals surface area contributed by atoms with Crippen molar-refractivity contribution in [3.63, 3.8) is 0 Å². The smallest absolute Gasteiger partial charge is 0.262 e. The number of carbonyl (C=O) groups excluding carboxylic acids is 1. The minimum atomic E-state index is -3.83. The number of benzene rings is 3. The van der Waals surface area contributed by atoms with Crippen LogP contribution in [0.5, 0.6) is 0 Å². The first-order valence-corrected chi connectivity index (χ1v) is 10.7. The molecule has 0 radical (unpaired) electrons. The highest BCUT2D eigenvalue weighted by molar-refractivity contribution is 7.92. The van der Waals surface area contributed by atoms with Crippen LogP contribution in [-0.4, -0.2) is 14.3 Å². The maximum atomic E-state index is 12.9. The molecule has 0 aliphatic heterocycles. The second-order valence-electron chi connectivity index (χ2n) is 7.22. The fraction of sp³-hybridized carbons (Fsp3) is 0.174. The fourth-order valence-electron chi connectivity index (χ4n) is 2.93. The summed E-state index contributed by atoms with van der Waals surface area (Å²) < 4.78 is 28.4. The second kappa shape index (κ2) is 8.09. The van der Waals surface area contributed by atoms with Crippen LogP contribution in [0.25, 0.3) is 0 Å². The van der Waals surface area contributed by atoms with Crippen molar-refractivity contribution < 1.29 is 13.2 Å². The molecule has 1 amide bonds. The Morgan fingerprint density at radius 1 is 0.759 bits per heavy atom. The highest BCUT2D eigenvalue weighted by Gasteiger charge is 2.19. The molecule has 0 saturated heterocycles. The van der Waals surface area contributed by atoms with Gasteiger partial charge < -0.3 is 5.32 Å². The van der Waals surface area contributed by atoms with Gasteiger partial charge in [-0.15, -0.1) is 0 Å². The van der Waals surface area contributed by atoms with Crippen LogP contribution in [0.1, 0.15) is 32.6 Å². The monoisotopic (exact) mass is 408 g/mol. The van der Waals surface area contributed by atoms with E-state index in [-0.39, 0.29) is 16.4 Å². The van der Waals surface area contributed by atoms with E-state index in [4.69, 9.17) is 0 Å². The summed E-state index contributed by atoms with van der Waals surface area (Å²) in [7, 11) is -3.83. The van der Waals surface area contributed by atoms with E-state index in [2.05, 4.69) is 10.0 Å². The van der Waals surface area contributed by atoms with Crippen LogP contribution in [0.2, 0.25) is 0 Å². The lowest BCUT2D eigenvalue weighted by molar-refractivity contribution is 0.102. The zero-order chi connectivity index (χ0) is 21.2. The van der Waals surface area contributed by atoms with E-state index >= 15 is 0 Å². The van der Waals surface area contributed by atoms with E-state index < -0.39 is 10.0 Å². The standard InChI is InChI=1S/C23H24N2O3S/c1-15-6-11-20(12-7-15)25-29(27,28)22-14-19(10-9-18(22)4)23(26)24-21-13-16(2)5-8-17(21)3/h5-14,25H,1-4H3,(H,24,26). The molecule has 29 heavy (non-hydrogen) atoms. The molecule has 3 rings (SSSR count). The number of hydrogen-bond donors (Lipinski definition) is 2. The van der Waals surface area contributed by atoms with Gasteiger partial charge in [-0.05, 0) is 74.7 Å². The lowest BCUT2D eigenvalue weighted by Crippen LogP contribution is -2.17. The minimum absolute atomic E-state index is 0.0756. The third kappa shape index (κ3) is 4.84. The van der Waals surface area contributed by atoms with E-state index in [1.807, 2.05) is 51.1 Å². The molecule has 0 fully saturated rings. The molecular weight excluding hydrogens is 384 g/mol. The first kappa shape index (κ1) is 20.6. The maximum Gasteiger partial charge on any atom is 0.262 e. The molecule has 6 heteroatoms. The molecule has 0 bridgehead atoms. The molecule has 0 atom stereocenters. The Morgan fingerprint density at radius 3 is 2.07 bits per heavy atom. The molecule has 0 aliphatic rings. The Labute approximate surface area is 171 Å². The van der Waals surface area contributed by atoms with Crippen LogP contribution in [0.4, 0.5) is 11.4 Å². The van der Waals surface area contributed by atoms with Crippen LogP contribution < -0.4 is 10.0 Å². The zero-order valence-corrected chi connectivity index (χ0v) is 17.7. The summed E-state index contributed by atoms with van der Waals surface area (Å²) >= 11 is 0. The minimum Gasteiger partial charge on any atom is -0.322 e. The van der Waals surface area contributed by atoms with E-state index in [0.29, 0.717) is 16.9 Å².